The predicted molar refractivity (Wildman–Crippen MR) is 206 cm³/mol. The number of anilines is 2. The van der Waals surface area contributed by atoms with Crippen LogP contribution in [0.1, 0.15) is 50.7 Å². The van der Waals surface area contributed by atoms with Gasteiger partial charge in [-0.25, -0.2) is 4.98 Å². The van der Waals surface area contributed by atoms with E-state index in [9.17, 15) is 29.4 Å². The molecule has 4 aromatic carbocycles. The Morgan fingerprint density at radius 2 is 1.05 bits per heavy atom. The number of nitrogens with one attached hydrogen (secondary N) is 2. The minimum atomic E-state index is -1.76. The maximum Gasteiger partial charge on any atom is 0.259 e. The molecule has 0 aliphatic carbocycles. The lowest BCUT2D eigenvalue weighted by molar-refractivity contribution is -0.153. The molecule has 1 aromatic heterocycles. The van der Waals surface area contributed by atoms with E-state index < -0.39 is 35.1 Å². The Hall–Kier alpha value is -6.11. The van der Waals surface area contributed by atoms with Gasteiger partial charge < -0.3 is 35.1 Å². The first kappa shape index (κ1) is 37.2. The van der Waals surface area contributed by atoms with Crippen molar-refractivity contribution in [2.75, 3.05) is 23.7 Å². The quantitative estimate of drug-likeness (QED) is 0.142. The van der Waals surface area contributed by atoms with E-state index in [1.165, 1.54) is 23.6 Å². The third-order valence-electron chi connectivity index (χ3n) is 10.5. The van der Waals surface area contributed by atoms with Gasteiger partial charge in [-0.1, -0.05) is 60.7 Å². The first-order valence-corrected chi connectivity index (χ1v) is 18.4. The van der Waals surface area contributed by atoms with Gasteiger partial charge >= 0.3 is 0 Å². The van der Waals surface area contributed by atoms with Crippen molar-refractivity contribution in [2.45, 2.75) is 62.8 Å². The molecule has 5 aromatic rings. The Morgan fingerprint density at radius 1 is 0.636 bits per heavy atom. The molecule has 2 aliphatic heterocycles. The van der Waals surface area contributed by atoms with Crippen LogP contribution in [-0.4, -0.2) is 73.8 Å². The summed E-state index contributed by atoms with van der Waals surface area (Å²) in [6, 6.07) is 30.1. The van der Waals surface area contributed by atoms with E-state index in [-0.39, 0.29) is 11.8 Å². The third-order valence-corrected chi connectivity index (χ3v) is 10.5. The van der Waals surface area contributed by atoms with Gasteiger partial charge in [0.15, 0.2) is 17.0 Å². The molecule has 2 saturated heterocycles. The standard InChI is InChI=1S/C43H43N5O7/c1-42(53,30-11-5-3-6-12-30)40(51)47-25-9-15-34(47)37(49)45-32-21-17-28(18-22-32)36-27-44-39(55-36)29-19-23-33(24-20-29)46-38(50)35-16-10-26-48(35)41(52)43(2,54)31-13-7-4-8-14-31/h3-8,11-14,17-24,27,34-35,53-54H,9-10,15-16,25-26H2,1-2H3,(H,45,49)(H,46,50)/t34-,35?,42-,43-/m0/s1. The highest BCUT2D eigenvalue weighted by molar-refractivity contribution is 6.00. The van der Waals surface area contributed by atoms with Gasteiger partial charge in [0.05, 0.1) is 6.20 Å². The molecule has 0 bridgehead atoms. The topological polar surface area (TPSA) is 165 Å². The number of carbonyl (C=O) groups excluding carboxylic acids is 4. The van der Waals surface area contributed by atoms with Crippen LogP contribution in [0.25, 0.3) is 22.8 Å². The van der Waals surface area contributed by atoms with Crippen LogP contribution in [0.4, 0.5) is 11.4 Å². The second-order valence-electron chi connectivity index (χ2n) is 14.4. The number of aliphatic hydroxyl groups is 2. The summed E-state index contributed by atoms with van der Waals surface area (Å²) in [4.78, 5) is 60.8. The fourth-order valence-corrected chi connectivity index (χ4v) is 7.30. The monoisotopic (exact) mass is 741 g/mol. The average molecular weight is 742 g/mol. The van der Waals surface area contributed by atoms with E-state index in [4.69, 9.17) is 4.42 Å². The molecule has 0 radical (unpaired) electrons. The van der Waals surface area contributed by atoms with Crippen molar-refractivity contribution in [3.05, 3.63) is 127 Å². The summed E-state index contributed by atoms with van der Waals surface area (Å²) in [6.07, 6.45) is 3.90. The van der Waals surface area contributed by atoms with Crippen molar-refractivity contribution in [2.24, 2.45) is 0 Å². The van der Waals surface area contributed by atoms with Gasteiger partial charge in [-0.05, 0) is 99.2 Å². The molecule has 4 N–H and O–H groups in total. The second kappa shape index (κ2) is 15.3. The van der Waals surface area contributed by atoms with Crippen molar-refractivity contribution in [3.8, 4) is 22.8 Å². The lowest BCUT2D eigenvalue weighted by Gasteiger charge is -2.31. The molecule has 12 heteroatoms. The van der Waals surface area contributed by atoms with Crippen molar-refractivity contribution >= 4 is 35.0 Å². The Labute approximate surface area is 318 Å². The zero-order valence-electron chi connectivity index (χ0n) is 30.6. The first-order chi connectivity index (χ1) is 26.4. The molecular weight excluding hydrogens is 699 g/mol. The predicted octanol–water partition coefficient (Wildman–Crippen LogP) is 5.68. The lowest BCUT2D eigenvalue weighted by Crippen LogP contribution is -2.50. The maximum absolute atomic E-state index is 13.4. The van der Waals surface area contributed by atoms with Crippen molar-refractivity contribution in [3.63, 3.8) is 0 Å². The number of likely N-dealkylation sites (tertiary alicyclic amines) is 2. The number of hydrogen-bond donors (Lipinski definition) is 4. The smallest absolute Gasteiger partial charge is 0.259 e. The summed E-state index contributed by atoms with van der Waals surface area (Å²) < 4.78 is 6.06. The van der Waals surface area contributed by atoms with Crippen LogP contribution in [0.15, 0.2) is 120 Å². The van der Waals surface area contributed by atoms with Gasteiger partial charge in [-0.3, -0.25) is 19.2 Å². The van der Waals surface area contributed by atoms with Gasteiger partial charge in [-0.15, -0.1) is 0 Å². The van der Waals surface area contributed by atoms with E-state index in [0.717, 1.165) is 5.56 Å². The third kappa shape index (κ3) is 7.64. The molecule has 7 rings (SSSR count). The summed E-state index contributed by atoms with van der Waals surface area (Å²) in [5.41, 5.74) is -0.0659. The number of oxazole rings is 1. The highest BCUT2D eigenvalue weighted by atomic mass is 16.4. The van der Waals surface area contributed by atoms with Crippen molar-refractivity contribution < 1.29 is 33.8 Å². The second-order valence-corrected chi connectivity index (χ2v) is 14.4. The molecule has 3 heterocycles. The minimum Gasteiger partial charge on any atom is -0.436 e. The van der Waals surface area contributed by atoms with Gasteiger partial charge in [0.25, 0.3) is 11.8 Å². The van der Waals surface area contributed by atoms with E-state index in [2.05, 4.69) is 15.6 Å². The molecule has 1 unspecified atom stereocenters. The molecule has 2 fully saturated rings. The van der Waals surface area contributed by atoms with Crippen LogP contribution in [0.2, 0.25) is 0 Å². The molecule has 0 saturated carbocycles. The van der Waals surface area contributed by atoms with E-state index in [1.54, 1.807) is 103 Å². The number of amides is 4. The Bertz CT molecular complexity index is 2010. The van der Waals surface area contributed by atoms with E-state index in [1.807, 2.05) is 12.1 Å². The molecule has 2 aliphatic rings. The summed E-state index contributed by atoms with van der Waals surface area (Å²) >= 11 is 0. The number of aromatic nitrogens is 1. The number of benzene rings is 4. The van der Waals surface area contributed by atoms with Gasteiger partial charge in [0.1, 0.15) is 12.1 Å². The Morgan fingerprint density at radius 3 is 1.49 bits per heavy atom. The molecular formula is C43H43N5O7. The van der Waals surface area contributed by atoms with Gasteiger partial charge in [-0.2, -0.15) is 0 Å². The highest BCUT2D eigenvalue weighted by Gasteiger charge is 2.44. The van der Waals surface area contributed by atoms with E-state index in [0.29, 0.717) is 78.5 Å². The maximum atomic E-state index is 13.4. The van der Waals surface area contributed by atoms with Crippen LogP contribution in [-0.2, 0) is 30.4 Å². The van der Waals surface area contributed by atoms with Crippen LogP contribution >= 0.6 is 0 Å². The molecule has 12 nitrogen and oxygen atoms in total. The Balaban J connectivity index is 0.950. The molecule has 4 atom stereocenters. The first-order valence-electron chi connectivity index (χ1n) is 18.4. The van der Waals surface area contributed by atoms with Crippen LogP contribution in [0.5, 0.6) is 0 Å². The van der Waals surface area contributed by atoms with Crippen LogP contribution in [0, 0.1) is 0 Å². The molecule has 4 amide bonds. The van der Waals surface area contributed by atoms with Gasteiger partial charge in [0.2, 0.25) is 17.7 Å². The van der Waals surface area contributed by atoms with Crippen LogP contribution < -0.4 is 10.6 Å². The van der Waals surface area contributed by atoms with Crippen molar-refractivity contribution in [1.29, 1.82) is 0 Å². The summed E-state index contributed by atoms with van der Waals surface area (Å²) in [6.45, 7) is 3.67. The summed E-state index contributed by atoms with van der Waals surface area (Å²) in [5.74, 6) is -0.784. The normalized spacial score (nSPS) is 19.0. The molecule has 55 heavy (non-hydrogen) atoms. The summed E-state index contributed by atoms with van der Waals surface area (Å²) in [5, 5.41) is 28.0. The fourth-order valence-electron chi connectivity index (χ4n) is 7.30. The van der Waals surface area contributed by atoms with Crippen molar-refractivity contribution in [1.82, 2.24) is 14.8 Å². The highest BCUT2D eigenvalue weighted by Crippen LogP contribution is 2.32. The minimum absolute atomic E-state index is 0.325. The Kier molecular flexibility index (Phi) is 10.4. The lowest BCUT2D eigenvalue weighted by atomic mass is 9.94. The zero-order chi connectivity index (χ0) is 38.7. The largest absolute Gasteiger partial charge is 0.436 e. The number of carbonyl (C=O) groups is 4. The number of hydrogen-bond acceptors (Lipinski definition) is 8. The molecule has 0 spiro atoms. The van der Waals surface area contributed by atoms with E-state index >= 15 is 0 Å². The molecule has 282 valence electrons. The zero-order valence-corrected chi connectivity index (χ0v) is 30.6. The summed E-state index contributed by atoms with van der Waals surface area (Å²) in [7, 11) is 0. The SMILES string of the molecule is C[C@@](O)(C(=O)N1CCCC1C(=O)Nc1ccc(-c2ncc(-c3ccc(NC(=O)[C@@H]4CCCN4C(=O)[C@@](C)(O)c4ccccc4)cc3)o2)cc1)c1ccccc1. The number of nitrogens with zero attached hydrogens (tertiary/aromatic N) is 3. The fraction of sp³-hybridized carbons (Fsp3) is 0.279. The van der Waals surface area contributed by atoms with Crippen LogP contribution in [0.3, 0.4) is 0 Å². The number of rotatable bonds is 10. The van der Waals surface area contributed by atoms with Gasteiger partial charge in [0, 0.05) is 35.6 Å². The average Bonchev–Trinajstić information content (AvgIpc) is 4.01.